The summed E-state index contributed by atoms with van der Waals surface area (Å²) in [5.41, 5.74) is 6.98. The first-order valence-corrected chi connectivity index (χ1v) is 10.7. The van der Waals surface area contributed by atoms with Crippen LogP contribution in [-0.2, 0) is 4.79 Å². The van der Waals surface area contributed by atoms with E-state index in [0.29, 0.717) is 6.42 Å². The number of carbonyl (C=O) groups is 2. The Morgan fingerprint density at radius 1 is 1.30 bits per heavy atom. The molecule has 8 nitrogen and oxygen atoms in total. The molecule has 176 valence electrons. The van der Waals surface area contributed by atoms with E-state index in [9.17, 15) is 23.5 Å². The summed E-state index contributed by atoms with van der Waals surface area (Å²) in [5, 5.41) is 9.38. The molecule has 2 fully saturated rings. The van der Waals surface area contributed by atoms with Crippen molar-refractivity contribution in [1.82, 2.24) is 14.8 Å². The van der Waals surface area contributed by atoms with Crippen LogP contribution >= 0.6 is 0 Å². The Kier molecular flexibility index (Phi) is 6.20. The SMILES string of the molecule is COc1cc(F)c([C@@H]2CN(CCO)C(=O)[C@H]2N(C(N)=O)C2CC2c2cccc(C)n2)c(F)c1. The summed E-state index contributed by atoms with van der Waals surface area (Å²) in [5.74, 6) is -3.40. The first-order valence-electron chi connectivity index (χ1n) is 10.7. The number of aryl methyl sites for hydroxylation is 1. The summed E-state index contributed by atoms with van der Waals surface area (Å²) in [7, 11) is 1.29. The Labute approximate surface area is 189 Å². The second-order valence-corrected chi connectivity index (χ2v) is 8.42. The number of hydrogen-bond acceptors (Lipinski definition) is 5. The van der Waals surface area contributed by atoms with Crippen LogP contribution in [0.15, 0.2) is 30.3 Å². The molecule has 1 saturated carbocycles. The second-order valence-electron chi connectivity index (χ2n) is 8.42. The van der Waals surface area contributed by atoms with Crippen molar-refractivity contribution in [2.45, 2.75) is 37.3 Å². The van der Waals surface area contributed by atoms with Gasteiger partial charge in [-0.1, -0.05) is 6.07 Å². The van der Waals surface area contributed by atoms with E-state index in [4.69, 9.17) is 10.5 Å². The molecule has 1 aromatic heterocycles. The summed E-state index contributed by atoms with van der Waals surface area (Å²) in [6.07, 6.45) is 0.531. The number of carbonyl (C=O) groups excluding carboxylic acids is 2. The Morgan fingerprint density at radius 2 is 2.00 bits per heavy atom. The molecule has 10 heteroatoms. The average Bonchev–Trinajstić information content (AvgIpc) is 3.49. The lowest BCUT2D eigenvalue weighted by Crippen LogP contribution is -2.51. The highest BCUT2D eigenvalue weighted by Crippen LogP contribution is 2.48. The molecule has 3 amide bonds. The van der Waals surface area contributed by atoms with Gasteiger partial charge in [-0.25, -0.2) is 13.6 Å². The van der Waals surface area contributed by atoms with E-state index in [0.717, 1.165) is 23.5 Å². The highest BCUT2D eigenvalue weighted by atomic mass is 19.1. The monoisotopic (exact) mass is 460 g/mol. The van der Waals surface area contributed by atoms with Crippen molar-refractivity contribution in [2.75, 3.05) is 26.8 Å². The zero-order chi connectivity index (χ0) is 23.9. The predicted molar refractivity (Wildman–Crippen MR) is 115 cm³/mol. The van der Waals surface area contributed by atoms with E-state index >= 15 is 0 Å². The van der Waals surface area contributed by atoms with Crippen molar-refractivity contribution in [3.8, 4) is 5.75 Å². The molecule has 0 radical (unpaired) electrons. The van der Waals surface area contributed by atoms with Crippen molar-refractivity contribution in [3.63, 3.8) is 0 Å². The van der Waals surface area contributed by atoms with Crippen molar-refractivity contribution < 1.29 is 28.2 Å². The third kappa shape index (κ3) is 4.22. The molecule has 33 heavy (non-hydrogen) atoms. The van der Waals surface area contributed by atoms with Crippen molar-refractivity contribution >= 4 is 11.9 Å². The van der Waals surface area contributed by atoms with Crippen LogP contribution in [0.1, 0.15) is 35.2 Å². The standard InChI is InChI=1S/C23H26F2N4O4/c1-12-4-3-5-18(27-12)14-10-19(14)29(23(26)32)21-15(11-28(6-7-30)22(21)31)20-16(24)8-13(33-2)9-17(20)25/h3-5,8-9,14-15,19,21,30H,6-7,10-11H2,1-2H3,(H2,26,32)/t14?,15-,19?,21-/m0/s1. The zero-order valence-corrected chi connectivity index (χ0v) is 18.4. The number of likely N-dealkylation sites (tertiary alicyclic amines) is 1. The fourth-order valence-electron chi connectivity index (χ4n) is 4.79. The Bertz CT molecular complexity index is 1060. The van der Waals surface area contributed by atoms with Crippen LogP contribution in [0.4, 0.5) is 13.6 Å². The van der Waals surface area contributed by atoms with Gasteiger partial charge in [-0.05, 0) is 25.5 Å². The van der Waals surface area contributed by atoms with Gasteiger partial charge in [-0.3, -0.25) is 9.78 Å². The summed E-state index contributed by atoms with van der Waals surface area (Å²) in [6.45, 7) is 1.44. The van der Waals surface area contributed by atoms with Gasteiger partial charge in [0.05, 0.1) is 13.7 Å². The molecule has 4 atom stereocenters. The lowest BCUT2D eigenvalue weighted by molar-refractivity contribution is -0.132. The quantitative estimate of drug-likeness (QED) is 0.656. The van der Waals surface area contributed by atoms with Gasteiger partial charge in [-0.15, -0.1) is 0 Å². The maximum Gasteiger partial charge on any atom is 0.315 e. The van der Waals surface area contributed by atoms with Gasteiger partial charge < -0.3 is 25.4 Å². The number of aromatic nitrogens is 1. The van der Waals surface area contributed by atoms with Crippen LogP contribution < -0.4 is 10.5 Å². The van der Waals surface area contributed by atoms with E-state index in [2.05, 4.69) is 4.98 Å². The Balaban J connectivity index is 1.73. The van der Waals surface area contributed by atoms with Gasteiger partial charge in [0.1, 0.15) is 23.4 Å². The number of nitrogens with two attached hydrogens (primary N) is 1. The molecule has 2 aliphatic rings. The van der Waals surface area contributed by atoms with Gasteiger partial charge in [0.2, 0.25) is 5.91 Å². The number of rotatable bonds is 7. The van der Waals surface area contributed by atoms with Crippen molar-refractivity contribution in [1.29, 1.82) is 0 Å². The lowest BCUT2D eigenvalue weighted by atomic mass is 9.91. The van der Waals surface area contributed by atoms with E-state index in [1.165, 1.54) is 16.9 Å². The molecule has 3 N–H and O–H groups in total. The number of amides is 3. The number of β-amino-alcohol motifs (C(OH)–C–C–N with tert-alkyl or cyclic N) is 1. The number of primary amides is 1. The number of halogens is 2. The van der Waals surface area contributed by atoms with Gasteiger partial charge in [0, 0.05) is 60.1 Å². The number of nitrogens with zero attached hydrogens (tertiary/aromatic N) is 3. The normalized spacial score (nSPS) is 24.2. The van der Waals surface area contributed by atoms with E-state index in [1.807, 2.05) is 25.1 Å². The number of aliphatic hydroxyl groups excluding tert-OH is 1. The summed E-state index contributed by atoms with van der Waals surface area (Å²) in [4.78, 5) is 32.9. The number of ether oxygens (including phenoxy) is 1. The van der Waals surface area contributed by atoms with Crippen LogP contribution in [0, 0.1) is 18.6 Å². The number of benzene rings is 1. The summed E-state index contributed by atoms with van der Waals surface area (Å²) >= 11 is 0. The predicted octanol–water partition coefficient (Wildman–Crippen LogP) is 1.90. The van der Waals surface area contributed by atoms with E-state index in [1.54, 1.807) is 0 Å². The minimum atomic E-state index is -1.20. The third-order valence-electron chi connectivity index (χ3n) is 6.35. The Morgan fingerprint density at radius 3 is 2.58 bits per heavy atom. The molecule has 1 saturated heterocycles. The highest BCUT2D eigenvalue weighted by Gasteiger charge is 2.55. The second kappa shape index (κ2) is 8.93. The maximum absolute atomic E-state index is 15.0. The molecule has 1 aromatic carbocycles. The molecule has 2 aromatic rings. The minimum Gasteiger partial charge on any atom is -0.497 e. The molecule has 4 rings (SSSR count). The Hall–Kier alpha value is -3.27. The fraction of sp³-hybridized carbons (Fsp3) is 0.435. The molecule has 2 heterocycles. The van der Waals surface area contributed by atoms with Crippen LogP contribution in [0.2, 0.25) is 0 Å². The molecule has 1 aliphatic carbocycles. The molecule has 0 bridgehead atoms. The maximum atomic E-state index is 15.0. The molecular formula is C23H26F2N4O4. The van der Waals surface area contributed by atoms with Crippen LogP contribution in [-0.4, -0.2) is 70.7 Å². The van der Waals surface area contributed by atoms with E-state index in [-0.39, 0.29) is 36.9 Å². The topological polar surface area (TPSA) is 109 Å². The number of urea groups is 1. The molecule has 1 aliphatic heterocycles. The first-order chi connectivity index (χ1) is 15.8. The van der Waals surface area contributed by atoms with Crippen molar-refractivity contribution in [3.05, 3.63) is 58.9 Å². The summed E-state index contributed by atoms with van der Waals surface area (Å²) < 4.78 is 34.9. The largest absolute Gasteiger partial charge is 0.497 e. The van der Waals surface area contributed by atoms with Crippen LogP contribution in [0.5, 0.6) is 5.75 Å². The highest BCUT2D eigenvalue weighted by molar-refractivity contribution is 5.90. The van der Waals surface area contributed by atoms with Gasteiger partial charge >= 0.3 is 6.03 Å². The van der Waals surface area contributed by atoms with Gasteiger partial charge in [-0.2, -0.15) is 0 Å². The fourth-order valence-corrected chi connectivity index (χ4v) is 4.79. The number of aliphatic hydroxyl groups is 1. The number of hydrogen-bond donors (Lipinski definition) is 2. The van der Waals surface area contributed by atoms with Gasteiger partial charge in [0.15, 0.2) is 0 Å². The zero-order valence-electron chi connectivity index (χ0n) is 18.4. The number of pyridine rings is 1. The summed E-state index contributed by atoms with van der Waals surface area (Å²) in [6, 6.07) is 5.16. The minimum absolute atomic E-state index is 0.00127. The molecule has 2 unspecified atom stereocenters. The van der Waals surface area contributed by atoms with Crippen molar-refractivity contribution in [2.24, 2.45) is 5.73 Å². The molecule has 0 spiro atoms. The van der Waals surface area contributed by atoms with Crippen LogP contribution in [0.3, 0.4) is 0 Å². The van der Waals surface area contributed by atoms with E-state index < -0.39 is 41.6 Å². The number of methoxy groups -OCH3 is 1. The smallest absolute Gasteiger partial charge is 0.315 e. The lowest BCUT2D eigenvalue weighted by Gasteiger charge is -2.30. The average molecular weight is 460 g/mol. The first kappa shape index (κ1) is 22.9. The third-order valence-corrected chi connectivity index (χ3v) is 6.35. The van der Waals surface area contributed by atoms with Crippen LogP contribution in [0.25, 0.3) is 0 Å². The molecular weight excluding hydrogens is 434 g/mol. The van der Waals surface area contributed by atoms with Gasteiger partial charge in [0.25, 0.3) is 0 Å².